The molecule has 21 heavy (non-hydrogen) atoms. The average molecular weight is 296 g/mol. The van der Waals surface area contributed by atoms with Crippen LogP contribution >= 0.6 is 11.8 Å². The van der Waals surface area contributed by atoms with E-state index in [9.17, 15) is 4.79 Å². The molecule has 0 spiro atoms. The number of aromatic carboxylic acids is 1. The molecule has 0 saturated heterocycles. The van der Waals surface area contributed by atoms with Gasteiger partial charge in [0.1, 0.15) is 0 Å². The van der Waals surface area contributed by atoms with Crippen LogP contribution in [-0.2, 0) is 0 Å². The van der Waals surface area contributed by atoms with E-state index in [0.29, 0.717) is 5.56 Å². The second-order valence-corrected chi connectivity index (χ2v) is 5.20. The van der Waals surface area contributed by atoms with Gasteiger partial charge < -0.3 is 5.11 Å². The lowest BCUT2D eigenvalue weighted by molar-refractivity contribution is 0.0693. The van der Waals surface area contributed by atoms with Gasteiger partial charge in [-0.25, -0.2) is 4.79 Å². The molecule has 0 bridgehead atoms. The van der Waals surface area contributed by atoms with Crippen molar-refractivity contribution in [1.82, 2.24) is 0 Å². The number of hydrogen-bond acceptors (Lipinski definition) is 2. The predicted molar refractivity (Wildman–Crippen MR) is 89.1 cm³/mol. The van der Waals surface area contributed by atoms with Crippen LogP contribution in [0.5, 0.6) is 0 Å². The molecule has 0 atom stereocenters. The number of hydrogen-bond donors (Lipinski definition) is 1. The molecular formula is C18H16O2S. The fourth-order valence-corrected chi connectivity index (χ4v) is 2.54. The standard InChI is InChI=1S/C10H8.C8H8O2S/c1-2-6-10-8-4-3-7-9(10)5-1;1-11-7-5-3-2-4-6(7)8(9)10/h1-8H;2-5H,1H3,(H,9,10). The lowest BCUT2D eigenvalue weighted by Gasteiger charge is -1.99. The molecule has 0 aliphatic carbocycles. The van der Waals surface area contributed by atoms with Crippen LogP contribution in [0.4, 0.5) is 0 Å². The van der Waals surface area contributed by atoms with Crippen molar-refractivity contribution in [2.75, 3.05) is 6.26 Å². The van der Waals surface area contributed by atoms with Gasteiger partial charge in [-0.05, 0) is 29.2 Å². The Morgan fingerprint density at radius 2 is 1.24 bits per heavy atom. The summed E-state index contributed by atoms with van der Waals surface area (Å²) in [6, 6.07) is 23.7. The molecule has 3 aromatic rings. The van der Waals surface area contributed by atoms with Crippen molar-refractivity contribution in [3.05, 3.63) is 78.4 Å². The van der Waals surface area contributed by atoms with Gasteiger partial charge in [0.05, 0.1) is 5.56 Å². The molecule has 106 valence electrons. The average Bonchev–Trinajstić information content (AvgIpc) is 2.55. The third-order valence-electron chi connectivity index (χ3n) is 3.00. The molecule has 3 aromatic carbocycles. The first-order chi connectivity index (χ1) is 10.2. The van der Waals surface area contributed by atoms with Gasteiger partial charge in [0.15, 0.2) is 0 Å². The van der Waals surface area contributed by atoms with Crippen LogP contribution in [-0.4, -0.2) is 17.3 Å². The summed E-state index contributed by atoms with van der Waals surface area (Å²) in [6.45, 7) is 0. The van der Waals surface area contributed by atoms with Crippen molar-refractivity contribution in [2.45, 2.75) is 4.90 Å². The van der Waals surface area contributed by atoms with E-state index in [4.69, 9.17) is 5.11 Å². The van der Waals surface area contributed by atoms with E-state index >= 15 is 0 Å². The maximum Gasteiger partial charge on any atom is 0.336 e. The Hall–Kier alpha value is -2.26. The van der Waals surface area contributed by atoms with E-state index in [2.05, 4.69) is 48.5 Å². The van der Waals surface area contributed by atoms with Crippen LogP contribution in [0.15, 0.2) is 77.7 Å². The molecule has 0 unspecified atom stereocenters. The van der Waals surface area contributed by atoms with Gasteiger partial charge >= 0.3 is 5.97 Å². The van der Waals surface area contributed by atoms with Gasteiger partial charge in [-0.15, -0.1) is 11.8 Å². The van der Waals surface area contributed by atoms with Crippen molar-refractivity contribution < 1.29 is 9.90 Å². The van der Waals surface area contributed by atoms with Crippen LogP contribution in [0, 0.1) is 0 Å². The Morgan fingerprint density at radius 1 is 0.810 bits per heavy atom. The first kappa shape index (κ1) is 15.1. The highest BCUT2D eigenvalue weighted by Crippen LogP contribution is 2.19. The molecule has 3 rings (SSSR count). The smallest absolute Gasteiger partial charge is 0.336 e. The minimum Gasteiger partial charge on any atom is -0.478 e. The quantitative estimate of drug-likeness (QED) is 0.680. The van der Waals surface area contributed by atoms with E-state index in [1.807, 2.05) is 12.3 Å². The fraction of sp³-hybridized carbons (Fsp3) is 0.0556. The molecule has 1 N–H and O–H groups in total. The Balaban J connectivity index is 0.000000154. The number of carbonyl (C=O) groups is 1. The van der Waals surface area contributed by atoms with Crippen molar-refractivity contribution >= 4 is 28.5 Å². The maximum absolute atomic E-state index is 10.6. The third-order valence-corrected chi connectivity index (χ3v) is 3.79. The molecule has 0 saturated carbocycles. The van der Waals surface area contributed by atoms with E-state index in [-0.39, 0.29) is 0 Å². The number of benzene rings is 3. The number of fused-ring (bicyclic) bond motifs is 1. The summed E-state index contributed by atoms with van der Waals surface area (Å²) in [6.07, 6.45) is 1.86. The van der Waals surface area contributed by atoms with Crippen LogP contribution in [0.25, 0.3) is 10.8 Å². The summed E-state index contributed by atoms with van der Waals surface area (Å²) < 4.78 is 0. The molecular weight excluding hydrogens is 280 g/mol. The zero-order valence-corrected chi connectivity index (χ0v) is 12.5. The highest BCUT2D eigenvalue weighted by Gasteiger charge is 2.06. The van der Waals surface area contributed by atoms with Crippen molar-refractivity contribution in [2.24, 2.45) is 0 Å². The molecule has 0 aliphatic heterocycles. The SMILES string of the molecule is CSc1ccccc1C(=O)O.c1ccc2ccccc2c1. The summed E-state index contributed by atoms with van der Waals surface area (Å²) in [5.41, 5.74) is 0.375. The minimum atomic E-state index is -0.866. The van der Waals surface area contributed by atoms with Crippen LogP contribution in [0.3, 0.4) is 0 Å². The van der Waals surface area contributed by atoms with Gasteiger partial charge in [-0.3, -0.25) is 0 Å². The lowest BCUT2D eigenvalue weighted by atomic mass is 10.1. The molecule has 2 nitrogen and oxygen atoms in total. The normalized spacial score (nSPS) is 9.76. The van der Waals surface area contributed by atoms with Crippen molar-refractivity contribution in [3.63, 3.8) is 0 Å². The Bertz CT molecular complexity index is 672. The Kier molecular flexibility index (Phi) is 5.41. The highest BCUT2D eigenvalue weighted by atomic mass is 32.2. The number of rotatable bonds is 2. The monoisotopic (exact) mass is 296 g/mol. The number of carboxylic acids is 1. The fourth-order valence-electron chi connectivity index (χ4n) is 1.95. The van der Waals surface area contributed by atoms with Gasteiger partial charge in [0.25, 0.3) is 0 Å². The van der Waals surface area contributed by atoms with Crippen LogP contribution < -0.4 is 0 Å². The lowest BCUT2D eigenvalue weighted by Crippen LogP contribution is -1.97. The molecule has 0 fully saturated rings. The van der Waals surface area contributed by atoms with E-state index < -0.39 is 5.97 Å². The summed E-state index contributed by atoms with van der Waals surface area (Å²) >= 11 is 1.44. The Labute approximate surface area is 128 Å². The zero-order valence-electron chi connectivity index (χ0n) is 11.7. The van der Waals surface area contributed by atoms with Gasteiger partial charge in [0, 0.05) is 4.90 Å². The van der Waals surface area contributed by atoms with Crippen LogP contribution in [0.2, 0.25) is 0 Å². The molecule has 3 heteroatoms. The van der Waals surface area contributed by atoms with Crippen molar-refractivity contribution in [1.29, 1.82) is 0 Å². The summed E-state index contributed by atoms with van der Waals surface area (Å²) in [5, 5.41) is 11.3. The third kappa shape index (κ3) is 4.10. The highest BCUT2D eigenvalue weighted by molar-refractivity contribution is 7.98. The van der Waals surface area contributed by atoms with Gasteiger partial charge in [0.2, 0.25) is 0 Å². The first-order valence-corrected chi connectivity index (χ1v) is 7.75. The first-order valence-electron chi connectivity index (χ1n) is 6.52. The summed E-state index contributed by atoms with van der Waals surface area (Å²) in [7, 11) is 0. The van der Waals surface area contributed by atoms with Gasteiger partial charge in [-0.1, -0.05) is 60.7 Å². The molecule has 0 radical (unpaired) electrons. The zero-order chi connectivity index (χ0) is 15.1. The van der Waals surface area contributed by atoms with E-state index in [1.54, 1.807) is 18.2 Å². The number of carboxylic acid groups (broad SMARTS) is 1. The van der Waals surface area contributed by atoms with E-state index in [0.717, 1.165) is 4.90 Å². The summed E-state index contributed by atoms with van der Waals surface area (Å²) in [5.74, 6) is -0.866. The largest absolute Gasteiger partial charge is 0.478 e. The minimum absolute atomic E-state index is 0.375. The molecule has 0 heterocycles. The van der Waals surface area contributed by atoms with Gasteiger partial charge in [-0.2, -0.15) is 0 Å². The summed E-state index contributed by atoms with van der Waals surface area (Å²) in [4.78, 5) is 11.4. The Morgan fingerprint density at radius 3 is 1.62 bits per heavy atom. The molecule has 0 aliphatic rings. The van der Waals surface area contributed by atoms with E-state index in [1.165, 1.54) is 22.5 Å². The molecule has 0 aromatic heterocycles. The number of thioether (sulfide) groups is 1. The van der Waals surface area contributed by atoms with Crippen molar-refractivity contribution in [3.8, 4) is 0 Å². The predicted octanol–water partition coefficient (Wildman–Crippen LogP) is 4.95. The second-order valence-electron chi connectivity index (χ2n) is 4.35. The topological polar surface area (TPSA) is 37.3 Å². The van der Waals surface area contributed by atoms with Crippen LogP contribution in [0.1, 0.15) is 10.4 Å². The second kappa shape index (κ2) is 7.50. The molecule has 0 amide bonds. The maximum atomic E-state index is 10.6.